The summed E-state index contributed by atoms with van der Waals surface area (Å²) in [4.78, 5) is 32.3. The maximum Gasteiger partial charge on any atom is 0.358 e. The molecule has 1 aliphatic carbocycles. The molecule has 0 spiro atoms. The van der Waals surface area contributed by atoms with E-state index in [4.69, 9.17) is 4.74 Å². The molecule has 4 rings (SSSR count). The maximum atomic E-state index is 12.4. The van der Waals surface area contributed by atoms with Gasteiger partial charge in [-0.1, -0.05) is 36.4 Å². The lowest BCUT2D eigenvalue weighted by molar-refractivity contribution is 0.0468. The first-order valence-electron chi connectivity index (χ1n) is 8.32. The maximum absolute atomic E-state index is 12.4. The molecule has 0 unspecified atom stereocenters. The van der Waals surface area contributed by atoms with E-state index in [1.165, 1.54) is 23.5 Å². The molecular weight excluding hydrogens is 328 g/mol. The van der Waals surface area contributed by atoms with Crippen molar-refractivity contribution in [1.82, 2.24) is 9.97 Å². The second-order valence-corrected chi connectivity index (χ2v) is 6.25. The Kier molecular flexibility index (Phi) is 4.05. The van der Waals surface area contributed by atoms with Crippen molar-refractivity contribution in [2.24, 2.45) is 0 Å². The fraction of sp³-hybridized carbons (Fsp3) is 0.143. The molecule has 0 radical (unpaired) electrons. The lowest BCUT2D eigenvalue weighted by atomic mass is 10.0. The summed E-state index contributed by atoms with van der Waals surface area (Å²) in [5.41, 5.74) is 6.02. The van der Waals surface area contributed by atoms with Gasteiger partial charge in [-0.2, -0.15) is 0 Å². The van der Waals surface area contributed by atoms with Gasteiger partial charge in [0.15, 0.2) is 18.1 Å². The first-order chi connectivity index (χ1) is 12.6. The Labute approximate surface area is 150 Å². The van der Waals surface area contributed by atoms with Crippen LogP contribution >= 0.6 is 0 Å². The predicted octanol–water partition coefficient (Wildman–Crippen LogP) is 3.40. The monoisotopic (exact) mass is 344 g/mol. The van der Waals surface area contributed by atoms with Gasteiger partial charge in [0.25, 0.3) is 0 Å². The summed E-state index contributed by atoms with van der Waals surface area (Å²) in [5, 5.41) is 0. The van der Waals surface area contributed by atoms with Crippen LogP contribution in [-0.2, 0) is 11.2 Å². The van der Waals surface area contributed by atoms with Crippen molar-refractivity contribution < 1.29 is 14.3 Å². The highest BCUT2D eigenvalue weighted by molar-refractivity contribution is 6.00. The van der Waals surface area contributed by atoms with Crippen LogP contribution < -0.4 is 0 Å². The number of Topliss-reactive ketones (excluding diaryl/α,β-unsaturated/α-hetero) is 1. The quantitative estimate of drug-likeness (QED) is 0.419. The molecule has 0 fully saturated rings. The molecule has 3 aromatic rings. The molecule has 1 aromatic heterocycles. The van der Waals surface area contributed by atoms with Gasteiger partial charge < -0.3 is 4.74 Å². The number of fused-ring (bicyclic) bond motifs is 3. The van der Waals surface area contributed by atoms with Crippen molar-refractivity contribution in [1.29, 1.82) is 0 Å². The molecule has 0 atom stereocenters. The van der Waals surface area contributed by atoms with Crippen LogP contribution in [0.5, 0.6) is 0 Å². The Bertz CT molecular complexity index is 1010. The van der Waals surface area contributed by atoms with Gasteiger partial charge in [0.05, 0.1) is 11.9 Å². The van der Waals surface area contributed by atoms with Crippen LogP contribution in [0.4, 0.5) is 0 Å². The van der Waals surface area contributed by atoms with Crippen molar-refractivity contribution in [2.45, 2.75) is 13.3 Å². The van der Waals surface area contributed by atoms with Gasteiger partial charge in [-0.25, -0.2) is 9.78 Å². The highest BCUT2D eigenvalue weighted by Gasteiger charge is 2.20. The lowest BCUT2D eigenvalue weighted by Crippen LogP contribution is -2.15. The molecule has 0 N–H and O–H groups in total. The number of nitrogens with zero attached hydrogens (tertiary/aromatic N) is 2. The van der Waals surface area contributed by atoms with Crippen molar-refractivity contribution in [3.8, 4) is 11.1 Å². The number of aryl methyl sites for hydroxylation is 1. The van der Waals surface area contributed by atoms with Gasteiger partial charge in [-0.15, -0.1) is 0 Å². The fourth-order valence-electron chi connectivity index (χ4n) is 3.08. The van der Waals surface area contributed by atoms with Crippen LogP contribution in [0.1, 0.15) is 37.7 Å². The Morgan fingerprint density at radius 3 is 2.62 bits per heavy atom. The molecule has 0 amide bonds. The summed E-state index contributed by atoms with van der Waals surface area (Å²) in [6, 6.07) is 13.8. The second kappa shape index (κ2) is 6.52. The van der Waals surface area contributed by atoms with E-state index < -0.39 is 5.97 Å². The molecule has 2 aromatic carbocycles. The molecule has 1 aliphatic rings. The largest absolute Gasteiger partial charge is 0.453 e. The van der Waals surface area contributed by atoms with Crippen LogP contribution in [-0.4, -0.2) is 28.3 Å². The molecule has 1 heterocycles. The molecule has 128 valence electrons. The molecule has 0 saturated heterocycles. The molecule has 5 nitrogen and oxygen atoms in total. The standard InChI is InChI=1S/C21H16N2O3/c1-13-10-23-19(11-22-13)21(25)26-12-20(24)16-7-6-15-8-14-4-2-3-5-17(14)18(15)9-16/h2-7,9-11H,8,12H2,1H3. The summed E-state index contributed by atoms with van der Waals surface area (Å²) >= 11 is 0. The highest BCUT2D eigenvalue weighted by atomic mass is 16.5. The molecule has 5 heteroatoms. The van der Waals surface area contributed by atoms with E-state index >= 15 is 0 Å². The van der Waals surface area contributed by atoms with Gasteiger partial charge >= 0.3 is 5.97 Å². The number of hydrogen-bond acceptors (Lipinski definition) is 5. The molecular formula is C21H16N2O3. The average molecular weight is 344 g/mol. The van der Waals surface area contributed by atoms with Crippen LogP contribution in [0, 0.1) is 6.92 Å². The van der Waals surface area contributed by atoms with Crippen LogP contribution in [0.2, 0.25) is 0 Å². The number of ketones is 1. The van der Waals surface area contributed by atoms with E-state index in [1.807, 2.05) is 24.3 Å². The van der Waals surface area contributed by atoms with Crippen LogP contribution in [0.15, 0.2) is 54.9 Å². The topological polar surface area (TPSA) is 69.2 Å². The van der Waals surface area contributed by atoms with Crippen LogP contribution in [0.25, 0.3) is 11.1 Å². The van der Waals surface area contributed by atoms with Gasteiger partial charge in [0, 0.05) is 11.8 Å². The van der Waals surface area contributed by atoms with E-state index in [1.54, 1.807) is 13.0 Å². The number of hydrogen-bond donors (Lipinski definition) is 0. The minimum absolute atomic E-state index is 0.0891. The fourth-order valence-corrected chi connectivity index (χ4v) is 3.08. The summed E-state index contributed by atoms with van der Waals surface area (Å²) in [6.07, 6.45) is 3.70. The Hall–Kier alpha value is -3.34. The van der Waals surface area contributed by atoms with Gasteiger partial charge in [-0.05, 0) is 41.7 Å². The van der Waals surface area contributed by atoms with Gasteiger partial charge in [0.1, 0.15) is 0 Å². The number of esters is 1. The Balaban J connectivity index is 1.48. The average Bonchev–Trinajstić information content (AvgIpc) is 3.04. The molecule has 0 aliphatic heterocycles. The minimum Gasteiger partial charge on any atom is -0.453 e. The van der Waals surface area contributed by atoms with Crippen molar-refractivity contribution >= 4 is 11.8 Å². The number of carbonyl (C=O) groups is 2. The lowest BCUT2D eigenvalue weighted by Gasteiger charge is -2.06. The molecule has 0 saturated carbocycles. The normalized spacial score (nSPS) is 11.6. The first-order valence-corrected chi connectivity index (χ1v) is 8.32. The third kappa shape index (κ3) is 2.99. The second-order valence-electron chi connectivity index (χ2n) is 6.25. The Morgan fingerprint density at radius 1 is 1.00 bits per heavy atom. The number of rotatable bonds is 4. The van der Waals surface area contributed by atoms with E-state index in [2.05, 4.69) is 22.1 Å². The summed E-state index contributed by atoms with van der Waals surface area (Å²) < 4.78 is 5.08. The van der Waals surface area contributed by atoms with Crippen molar-refractivity contribution in [3.05, 3.63) is 82.9 Å². The third-order valence-corrected chi connectivity index (χ3v) is 4.44. The third-order valence-electron chi connectivity index (χ3n) is 4.44. The van der Waals surface area contributed by atoms with Crippen LogP contribution in [0.3, 0.4) is 0 Å². The Morgan fingerprint density at radius 2 is 1.81 bits per heavy atom. The summed E-state index contributed by atoms with van der Waals surface area (Å²) in [5.74, 6) is -0.900. The van der Waals surface area contributed by atoms with E-state index in [0.29, 0.717) is 11.3 Å². The number of benzene rings is 2. The van der Waals surface area contributed by atoms with Gasteiger partial charge in [0.2, 0.25) is 0 Å². The zero-order valence-electron chi connectivity index (χ0n) is 14.2. The predicted molar refractivity (Wildman–Crippen MR) is 96.1 cm³/mol. The number of ether oxygens (including phenoxy) is 1. The summed E-state index contributed by atoms with van der Waals surface area (Å²) in [7, 11) is 0. The number of carbonyl (C=O) groups excluding carboxylic acids is 2. The first kappa shape index (κ1) is 16.1. The van der Waals surface area contributed by atoms with E-state index in [0.717, 1.165) is 17.5 Å². The van der Waals surface area contributed by atoms with Crippen molar-refractivity contribution in [3.63, 3.8) is 0 Å². The zero-order valence-corrected chi connectivity index (χ0v) is 14.2. The number of aromatic nitrogens is 2. The van der Waals surface area contributed by atoms with E-state index in [9.17, 15) is 9.59 Å². The molecule has 0 bridgehead atoms. The van der Waals surface area contributed by atoms with E-state index in [-0.39, 0.29) is 18.1 Å². The molecule has 26 heavy (non-hydrogen) atoms. The van der Waals surface area contributed by atoms with Gasteiger partial charge in [-0.3, -0.25) is 9.78 Å². The highest BCUT2D eigenvalue weighted by Crippen LogP contribution is 2.36. The SMILES string of the molecule is Cc1cnc(C(=O)OCC(=O)c2ccc3c(c2)-c2ccccc2C3)cn1. The zero-order chi connectivity index (χ0) is 18.1. The smallest absolute Gasteiger partial charge is 0.358 e. The summed E-state index contributed by atoms with van der Waals surface area (Å²) in [6.45, 7) is 1.45. The van der Waals surface area contributed by atoms with Crippen molar-refractivity contribution in [2.75, 3.05) is 6.61 Å². The minimum atomic E-state index is -0.655.